The molecule has 0 radical (unpaired) electrons. The van der Waals surface area contributed by atoms with Crippen LogP contribution in [0.3, 0.4) is 0 Å². The second-order valence-electron chi connectivity index (χ2n) is 4.13. The van der Waals surface area contributed by atoms with E-state index in [1.54, 1.807) is 0 Å². The smallest absolute Gasteiger partial charge is 0.234 e. The first kappa shape index (κ1) is 8.85. The van der Waals surface area contributed by atoms with Crippen molar-refractivity contribution in [3.63, 3.8) is 0 Å². The first-order valence-corrected chi connectivity index (χ1v) is 5.36. The third kappa shape index (κ3) is 1.51. The molecule has 15 heavy (non-hydrogen) atoms. The molecule has 4 nitrogen and oxygen atoms in total. The van der Waals surface area contributed by atoms with Crippen LogP contribution in [-0.2, 0) is 0 Å². The van der Waals surface area contributed by atoms with Crippen molar-refractivity contribution >= 4 is 5.78 Å². The summed E-state index contributed by atoms with van der Waals surface area (Å²) in [5.41, 5.74) is 2.18. The van der Waals surface area contributed by atoms with E-state index in [1.807, 2.05) is 17.5 Å². The molecule has 2 aromatic rings. The average molecular weight is 202 g/mol. The fraction of sp³-hybridized carbons (Fsp3) is 0.455. The van der Waals surface area contributed by atoms with Crippen LogP contribution in [0.5, 0.6) is 0 Å². The van der Waals surface area contributed by atoms with E-state index in [0.29, 0.717) is 5.92 Å². The number of hydrogen-bond acceptors (Lipinski definition) is 3. The van der Waals surface area contributed by atoms with Gasteiger partial charge in [0.1, 0.15) is 0 Å². The summed E-state index contributed by atoms with van der Waals surface area (Å²) in [6.45, 7) is 4.14. The van der Waals surface area contributed by atoms with Crippen molar-refractivity contribution in [3.8, 4) is 0 Å². The van der Waals surface area contributed by atoms with Crippen LogP contribution in [0, 0.1) is 6.92 Å². The van der Waals surface area contributed by atoms with Gasteiger partial charge in [0.15, 0.2) is 0 Å². The van der Waals surface area contributed by atoms with Crippen molar-refractivity contribution in [3.05, 3.63) is 29.8 Å². The van der Waals surface area contributed by atoms with Gasteiger partial charge >= 0.3 is 0 Å². The highest BCUT2D eigenvalue weighted by Gasteiger charge is 2.18. The summed E-state index contributed by atoms with van der Waals surface area (Å²) in [7, 11) is 0. The van der Waals surface area contributed by atoms with Gasteiger partial charge in [0.05, 0.1) is 11.4 Å². The van der Waals surface area contributed by atoms with Gasteiger partial charge in [-0.25, -0.2) is 9.97 Å². The molecule has 4 heteroatoms. The number of fused-ring (bicyclic) bond motifs is 1. The highest BCUT2D eigenvalue weighted by atomic mass is 15.1. The topological polar surface area (TPSA) is 42.2 Å². The lowest BCUT2D eigenvalue weighted by Crippen LogP contribution is -2.09. The molecule has 1 atom stereocenters. The van der Waals surface area contributed by atoms with Gasteiger partial charge in [-0.15, -0.1) is 0 Å². The van der Waals surface area contributed by atoms with Gasteiger partial charge in [-0.05, 0) is 26.0 Å². The molecule has 0 saturated carbocycles. The summed E-state index contributed by atoms with van der Waals surface area (Å²) >= 11 is 0. The molecule has 0 aliphatic carbocycles. The van der Waals surface area contributed by atoms with Crippen molar-refractivity contribution in [1.82, 2.24) is 19.7 Å². The molecule has 0 spiro atoms. The molecule has 1 N–H and O–H groups in total. The lowest BCUT2D eigenvalue weighted by Gasteiger charge is -2.06. The van der Waals surface area contributed by atoms with E-state index in [9.17, 15) is 0 Å². The second kappa shape index (κ2) is 3.31. The number of aromatic nitrogens is 3. The van der Waals surface area contributed by atoms with Gasteiger partial charge in [-0.1, -0.05) is 0 Å². The lowest BCUT2D eigenvalue weighted by atomic mass is 10.1. The molecule has 1 aliphatic rings. The van der Waals surface area contributed by atoms with Gasteiger partial charge in [0.25, 0.3) is 0 Å². The molecule has 2 aromatic heterocycles. The maximum absolute atomic E-state index is 4.59. The van der Waals surface area contributed by atoms with E-state index in [0.717, 1.165) is 30.3 Å². The van der Waals surface area contributed by atoms with Crippen LogP contribution >= 0.6 is 0 Å². The Morgan fingerprint density at radius 2 is 2.40 bits per heavy atom. The lowest BCUT2D eigenvalue weighted by molar-refractivity contribution is 0.732. The maximum atomic E-state index is 4.59. The zero-order valence-corrected chi connectivity index (χ0v) is 8.77. The van der Waals surface area contributed by atoms with E-state index in [-0.39, 0.29) is 0 Å². The van der Waals surface area contributed by atoms with Crippen molar-refractivity contribution < 1.29 is 0 Å². The van der Waals surface area contributed by atoms with Crippen molar-refractivity contribution in [2.24, 2.45) is 0 Å². The third-order valence-electron chi connectivity index (χ3n) is 2.95. The quantitative estimate of drug-likeness (QED) is 0.753. The van der Waals surface area contributed by atoms with Gasteiger partial charge in [0, 0.05) is 24.9 Å². The highest BCUT2D eigenvalue weighted by Crippen LogP contribution is 2.20. The number of imidazole rings is 1. The van der Waals surface area contributed by atoms with E-state index >= 15 is 0 Å². The van der Waals surface area contributed by atoms with Crippen molar-refractivity contribution in [2.75, 3.05) is 13.1 Å². The van der Waals surface area contributed by atoms with Crippen LogP contribution in [0.2, 0.25) is 0 Å². The molecule has 3 heterocycles. The number of nitrogens with zero attached hydrogens (tertiary/aromatic N) is 3. The molecule has 0 amide bonds. The summed E-state index contributed by atoms with van der Waals surface area (Å²) in [6.07, 6.45) is 5.23. The minimum atomic E-state index is 0.562. The van der Waals surface area contributed by atoms with Crippen molar-refractivity contribution in [1.29, 1.82) is 0 Å². The molecule has 0 bridgehead atoms. The minimum absolute atomic E-state index is 0.562. The Morgan fingerprint density at radius 1 is 1.47 bits per heavy atom. The predicted octanol–water partition coefficient (Wildman–Crippen LogP) is 1.11. The Balaban J connectivity index is 2.04. The largest absolute Gasteiger partial charge is 0.316 e. The summed E-state index contributed by atoms with van der Waals surface area (Å²) in [4.78, 5) is 8.97. The van der Waals surface area contributed by atoms with Crippen LogP contribution < -0.4 is 5.32 Å². The Bertz CT molecular complexity index is 482. The standard InChI is InChI=1S/C11H14N4/c1-8-7-15-5-3-10(14-11(15)13-8)9-2-4-12-6-9/h3,5,7,9,12H,2,4,6H2,1H3. The molecule has 1 saturated heterocycles. The Morgan fingerprint density at radius 3 is 3.20 bits per heavy atom. The summed E-state index contributed by atoms with van der Waals surface area (Å²) in [6, 6.07) is 2.10. The maximum Gasteiger partial charge on any atom is 0.234 e. The van der Waals surface area contributed by atoms with Gasteiger partial charge < -0.3 is 5.32 Å². The van der Waals surface area contributed by atoms with Gasteiger partial charge in [-0.2, -0.15) is 0 Å². The highest BCUT2D eigenvalue weighted by molar-refractivity contribution is 5.32. The molecule has 1 unspecified atom stereocenters. The van der Waals surface area contributed by atoms with E-state index in [2.05, 4.69) is 27.5 Å². The number of hydrogen-bond donors (Lipinski definition) is 1. The molecular formula is C11H14N4. The number of nitrogens with one attached hydrogen (secondary N) is 1. The SMILES string of the molecule is Cc1cn2ccc(C3CCNC3)nc2n1. The number of aryl methyl sites for hydroxylation is 1. The Hall–Kier alpha value is -1.42. The van der Waals surface area contributed by atoms with Gasteiger partial charge in [-0.3, -0.25) is 4.40 Å². The molecule has 0 aromatic carbocycles. The monoisotopic (exact) mass is 202 g/mol. The summed E-state index contributed by atoms with van der Waals surface area (Å²) < 4.78 is 1.97. The van der Waals surface area contributed by atoms with Crippen LogP contribution in [0.4, 0.5) is 0 Å². The minimum Gasteiger partial charge on any atom is -0.316 e. The molecular weight excluding hydrogens is 188 g/mol. The predicted molar refractivity (Wildman–Crippen MR) is 58.0 cm³/mol. The molecule has 3 rings (SSSR count). The molecule has 1 fully saturated rings. The van der Waals surface area contributed by atoms with Crippen LogP contribution in [0.1, 0.15) is 23.7 Å². The van der Waals surface area contributed by atoms with E-state index < -0.39 is 0 Å². The van der Waals surface area contributed by atoms with Crippen LogP contribution in [0.25, 0.3) is 5.78 Å². The van der Waals surface area contributed by atoms with E-state index in [1.165, 1.54) is 6.42 Å². The second-order valence-corrected chi connectivity index (χ2v) is 4.13. The number of rotatable bonds is 1. The van der Waals surface area contributed by atoms with E-state index in [4.69, 9.17) is 0 Å². The fourth-order valence-electron chi connectivity index (χ4n) is 2.14. The van der Waals surface area contributed by atoms with Crippen molar-refractivity contribution in [2.45, 2.75) is 19.3 Å². The Kier molecular flexibility index (Phi) is 1.95. The zero-order chi connectivity index (χ0) is 10.3. The first-order valence-electron chi connectivity index (χ1n) is 5.36. The first-order chi connectivity index (χ1) is 7.33. The third-order valence-corrected chi connectivity index (χ3v) is 2.95. The summed E-state index contributed by atoms with van der Waals surface area (Å²) in [5, 5.41) is 3.36. The average Bonchev–Trinajstić information content (AvgIpc) is 2.82. The summed E-state index contributed by atoms with van der Waals surface area (Å²) in [5.74, 6) is 1.38. The molecule has 78 valence electrons. The zero-order valence-electron chi connectivity index (χ0n) is 8.77. The van der Waals surface area contributed by atoms with Crippen LogP contribution in [-0.4, -0.2) is 27.5 Å². The Labute approximate surface area is 88.4 Å². The van der Waals surface area contributed by atoms with Gasteiger partial charge in [0.2, 0.25) is 5.78 Å². The normalized spacial score (nSPS) is 21.3. The fourth-order valence-corrected chi connectivity index (χ4v) is 2.14. The van der Waals surface area contributed by atoms with Crippen LogP contribution in [0.15, 0.2) is 18.5 Å². The molecule has 1 aliphatic heterocycles.